The summed E-state index contributed by atoms with van der Waals surface area (Å²) < 4.78 is 13.3. The summed E-state index contributed by atoms with van der Waals surface area (Å²) >= 11 is 0. The molecule has 5 nitrogen and oxygen atoms in total. The monoisotopic (exact) mass is 440 g/mol. The number of hydrogen-bond acceptors (Lipinski definition) is 4. The summed E-state index contributed by atoms with van der Waals surface area (Å²) in [6, 6.07) is 31.1. The highest BCUT2D eigenvalue weighted by Crippen LogP contribution is 2.37. The molecule has 0 N–H and O–H groups in total. The van der Waals surface area contributed by atoms with E-state index in [1.807, 2.05) is 61.5 Å². The summed E-state index contributed by atoms with van der Waals surface area (Å²) in [7, 11) is 0. The van der Waals surface area contributed by atoms with Gasteiger partial charge in [-0.2, -0.15) is 4.98 Å². The lowest BCUT2D eigenvalue weighted by atomic mass is 10.0. The molecular weight excluding hydrogens is 412 g/mol. The van der Waals surface area contributed by atoms with Gasteiger partial charge in [-0.25, -0.2) is 0 Å². The van der Waals surface area contributed by atoms with Crippen molar-refractivity contribution in [2.24, 2.45) is 0 Å². The van der Waals surface area contributed by atoms with E-state index in [0.29, 0.717) is 32.1 Å². The van der Waals surface area contributed by atoms with Crippen LogP contribution < -0.4 is 4.74 Å². The fourth-order valence-corrected chi connectivity index (χ4v) is 3.74. The van der Waals surface area contributed by atoms with E-state index >= 15 is 0 Å². The number of aromatic nitrogens is 2. The van der Waals surface area contributed by atoms with Gasteiger partial charge in [-0.15, -0.1) is 0 Å². The Morgan fingerprint density at radius 2 is 1.42 bits per heavy atom. The summed E-state index contributed by atoms with van der Waals surface area (Å²) in [5.41, 5.74) is 4.91. The van der Waals surface area contributed by atoms with E-state index in [9.17, 15) is 4.79 Å². The standard InChI is InChI=1S/C28H28N2O3/c1-2-32-25(31)20-12-13-21-33-28-29-26(22-14-6-3-7-15-22)27(23-16-8-4-9-17-23)30(28)24-18-10-5-11-19-24/h3-11,14-19H,2,12-13,20-21H2,1H3. The van der Waals surface area contributed by atoms with Crippen LogP contribution in [0.25, 0.3) is 28.2 Å². The number of rotatable bonds is 10. The zero-order chi connectivity index (χ0) is 22.9. The third-order valence-electron chi connectivity index (χ3n) is 5.27. The van der Waals surface area contributed by atoms with Crippen molar-refractivity contribution >= 4 is 5.97 Å². The van der Waals surface area contributed by atoms with Crippen LogP contribution in [0, 0.1) is 0 Å². The molecule has 168 valence electrons. The molecule has 0 aliphatic rings. The number of imidazole rings is 1. The largest absolute Gasteiger partial charge is 0.466 e. The minimum Gasteiger partial charge on any atom is -0.466 e. The van der Waals surface area contributed by atoms with E-state index in [4.69, 9.17) is 14.5 Å². The minimum atomic E-state index is -0.166. The summed E-state index contributed by atoms with van der Waals surface area (Å²) in [6.07, 6.45) is 1.85. The van der Waals surface area contributed by atoms with Crippen LogP contribution in [-0.4, -0.2) is 28.7 Å². The molecule has 4 aromatic rings. The van der Waals surface area contributed by atoms with Gasteiger partial charge in [0.1, 0.15) is 5.69 Å². The maximum Gasteiger partial charge on any atom is 0.305 e. The second-order valence-electron chi connectivity index (χ2n) is 7.61. The van der Waals surface area contributed by atoms with Gasteiger partial charge in [-0.3, -0.25) is 9.36 Å². The summed E-state index contributed by atoms with van der Waals surface area (Å²) in [5, 5.41) is 0. The van der Waals surface area contributed by atoms with Crippen molar-refractivity contribution in [3.8, 4) is 34.2 Å². The van der Waals surface area contributed by atoms with Crippen molar-refractivity contribution in [3.63, 3.8) is 0 Å². The minimum absolute atomic E-state index is 0.166. The van der Waals surface area contributed by atoms with Gasteiger partial charge >= 0.3 is 12.0 Å². The Labute approximate surface area is 194 Å². The predicted molar refractivity (Wildman–Crippen MR) is 130 cm³/mol. The first kappa shape index (κ1) is 22.3. The molecule has 0 amide bonds. The van der Waals surface area contributed by atoms with Crippen LogP contribution in [0.4, 0.5) is 0 Å². The molecule has 1 heterocycles. The third-order valence-corrected chi connectivity index (χ3v) is 5.27. The first-order valence-corrected chi connectivity index (χ1v) is 11.4. The Bertz CT molecular complexity index is 1160. The maximum absolute atomic E-state index is 11.6. The second-order valence-corrected chi connectivity index (χ2v) is 7.61. The molecule has 0 saturated heterocycles. The van der Waals surface area contributed by atoms with Gasteiger partial charge in [-0.05, 0) is 31.9 Å². The van der Waals surface area contributed by atoms with Crippen molar-refractivity contribution in [2.45, 2.75) is 26.2 Å². The fourth-order valence-electron chi connectivity index (χ4n) is 3.74. The number of carbonyl (C=O) groups is 1. The van der Waals surface area contributed by atoms with Gasteiger partial charge in [0.2, 0.25) is 0 Å². The molecule has 0 radical (unpaired) electrons. The predicted octanol–water partition coefficient (Wildman–Crippen LogP) is 6.32. The van der Waals surface area contributed by atoms with Crippen molar-refractivity contribution in [1.29, 1.82) is 0 Å². The molecule has 33 heavy (non-hydrogen) atoms. The van der Waals surface area contributed by atoms with Crippen LogP contribution in [0.1, 0.15) is 26.2 Å². The molecular formula is C28H28N2O3. The number of ether oxygens (including phenoxy) is 2. The normalized spacial score (nSPS) is 10.7. The lowest BCUT2D eigenvalue weighted by Gasteiger charge is -2.13. The Morgan fingerprint density at radius 3 is 2.06 bits per heavy atom. The zero-order valence-corrected chi connectivity index (χ0v) is 18.8. The Balaban J connectivity index is 1.70. The van der Waals surface area contributed by atoms with Crippen LogP contribution >= 0.6 is 0 Å². The number of carbonyl (C=O) groups excluding carboxylic acids is 1. The molecule has 0 atom stereocenters. The molecule has 1 aromatic heterocycles. The molecule has 0 aliphatic heterocycles. The average Bonchev–Trinajstić information content (AvgIpc) is 3.25. The van der Waals surface area contributed by atoms with Crippen molar-refractivity contribution in [3.05, 3.63) is 91.0 Å². The SMILES string of the molecule is CCOC(=O)CCCCOc1nc(-c2ccccc2)c(-c2ccccc2)n1-c1ccccc1. The topological polar surface area (TPSA) is 53.4 Å². The Hall–Kier alpha value is -3.86. The van der Waals surface area contributed by atoms with Gasteiger partial charge < -0.3 is 9.47 Å². The molecule has 0 bridgehead atoms. The highest BCUT2D eigenvalue weighted by molar-refractivity contribution is 5.81. The molecule has 0 aliphatic carbocycles. The summed E-state index contributed by atoms with van der Waals surface area (Å²) in [6.45, 7) is 2.69. The number of benzene rings is 3. The van der Waals surface area contributed by atoms with Crippen LogP contribution in [0.2, 0.25) is 0 Å². The van der Waals surface area contributed by atoms with Crippen LogP contribution in [0.15, 0.2) is 91.0 Å². The molecule has 5 heteroatoms. The maximum atomic E-state index is 11.6. The van der Waals surface area contributed by atoms with E-state index in [1.165, 1.54) is 0 Å². The van der Waals surface area contributed by atoms with Gasteiger partial charge in [0.15, 0.2) is 0 Å². The highest BCUT2D eigenvalue weighted by atomic mass is 16.5. The first-order chi connectivity index (χ1) is 16.3. The van der Waals surface area contributed by atoms with E-state index < -0.39 is 0 Å². The lowest BCUT2D eigenvalue weighted by molar-refractivity contribution is -0.143. The number of nitrogens with zero attached hydrogens (tertiary/aromatic N) is 2. The average molecular weight is 441 g/mol. The number of esters is 1. The van der Waals surface area contributed by atoms with Crippen LogP contribution in [0.5, 0.6) is 6.01 Å². The zero-order valence-electron chi connectivity index (χ0n) is 18.8. The van der Waals surface area contributed by atoms with Crippen LogP contribution in [-0.2, 0) is 9.53 Å². The molecule has 4 rings (SSSR count). The van der Waals surface area contributed by atoms with Crippen molar-refractivity contribution < 1.29 is 14.3 Å². The lowest BCUT2D eigenvalue weighted by Crippen LogP contribution is -2.07. The molecule has 0 fully saturated rings. The smallest absolute Gasteiger partial charge is 0.305 e. The number of hydrogen-bond donors (Lipinski definition) is 0. The number of unbranched alkanes of at least 4 members (excludes halogenated alkanes) is 1. The first-order valence-electron chi connectivity index (χ1n) is 11.4. The Kier molecular flexibility index (Phi) is 7.54. The van der Waals surface area contributed by atoms with Crippen LogP contribution in [0.3, 0.4) is 0 Å². The van der Waals surface area contributed by atoms with Crippen molar-refractivity contribution in [1.82, 2.24) is 9.55 Å². The van der Waals surface area contributed by atoms with Gasteiger partial charge in [0.25, 0.3) is 0 Å². The summed E-state index contributed by atoms with van der Waals surface area (Å²) in [5.74, 6) is -0.166. The number of para-hydroxylation sites is 1. The fraction of sp³-hybridized carbons (Fsp3) is 0.214. The quantitative estimate of drug-likeness (QED) is 0.214. The molecule has 0 unspecified atom stereocenters. The van der Waals surface area contributed by atoms with Crippen molar-refractivity contribution in [2.75, 3.05) is 13.2 Å². The third kappa shape index (κ3) is 5.50. The second kappa shape index (κ2) is 11.1. The van der Waals surface area contributed by atoms with Gasteiger partial charge in [0, 0.05) is 17.5 Å². The van der Waals surface area contributed by atoms with Gasteiger partial charge in [0.05, 0.1) is 24.6 Å². The van der Waals surface area contributed by atoms with E-state index in [1.54, 1.807) is 0 Å². The molecule has 0 spiro atoms. The van der Waals surface area contributed by atoms with Gasteiger partial charge in [-0.1, -0.05) is 78.9 Å². The van der Waals surface area contributed by atoms with E-state index in [2.05, 4.69) is 41.0 Å². The molecule has 0 saturated carbocycles. The van der Waals surface area contributed by atoms with E-state index in [-0.39, 0.29) is 5.97 Å². The molecule has 3 aromatic carbocycles. The Morgan fingerprint density at radius 1 is 0.818 bits per heavy atom. The summed E-state index contributed by atoms with van der Waals surface area (Å²) in [4.78, 5) is 16.5. The van der Waals surface area contributed by atoms with E-state index in [0.717, 1.165) is 34.6 Å². The highest BCUT2D eigenvalue weighted by Gasteiger charge is 2.22.